The molecule has 0 bridgehead atoms. The summed E-state index contributed by atoms with van der Waals surface area (Å²) in [7, 11) is 0. The third kappa shape index (κ3) is 3.88. The molecular weight excluding hydrogens is 283 g/mol. The van der Waals surface area contributed by atoms with Crippen LogP contribution < -0.4 is 5.32 Å². The largest absolute Gasteiger partial charge is 0.419 e. The maximum atomic E-state index is 12.7. The Hall–Kier alpha value is -2.70. The number of carbonyl (C=O) groups excluding carboxylic acids is 1. The molecule has 0 amide bonds. The van der Waals surface area contributed by atoms with Gasteiger partial charge >= 0.3 is 6.18 Å². The molecule has 0 fully saturated rings. The van der Waals surface area contributed by atoms with Crippen molar-refractivity contribution in [3.8, 4) is 0 Å². The second-order valence-electron chi connectivity index (χ2n) is 3.95. The number of ketones is 1. The zero-order valence-electron chi connectivity index (χ0n) is 10.6. The van der Waals surface area contributed by atoms with Gasteiger partial charge in [-0.05, 0) is 24.3 Å². The smallest absolute Gasteiger partial charge is 0.346 e. The highest BCUT2D eigenvalue weighted by molar-refractivity contribution is 6.03. The van der Waals surface area contributed by atoms with Crippen molar-refractivity contribution in [1.82, 2.24) is 9.97 Å². The fourth-order valence-corrected chi connectivity index (χ4v) is 1.54. The molecule has 2 aromatic rings. The zero-order chi connectivity index (χ0) is 15.3. The summed E-state index contributed by atoms with van der Waals surface area (Å²) in [5.41, 5.74) is -0.701. The number of hydrogen-bond acceptors (Lipinski definition) is 4. The van der Waals surface area contributed by atoms with Crippen LogP contribution in [0.3, 0.4) is 0 Å². The number of anilines is 1. The monoisotopic (exact) mass is 293 g/mol. The Morgan fingerprint density at radius 2 is 1.86 bits per heavy atom. The minimum atomic E-state index is -4.52. The van der Waals surface area contributed by atoms with Gasteiger partial charge in [-0.2, -0.15) is 13.2 Å². The van der Waals surface area contributed by atoms with Crippen molar-refractivity contribution in [1.29, 1.82) is 0 Å². The Labute approximate surface area is 118 Å². The van der Waals surface area contributed by atoms with Crippen LogP contribution in [-0.4, -0.2) is 15.8 Å². The van der Waals surface area contributed by atoms with E-state index in [9.17, 15) is 18.0 Å². The van der Waals surface area contributed by atoms with E-state index >= 15 is 0 Å². The number of hydrogen-bond donors (Lipinski definition) is 1. The summed E-state index contributed by atoms with van der Waals surface area (Å²) >= 11 is 0. The zero-order valence-corrected chi connectivity index (χ0v) is 10.6. The first-order valence-electron chi connectivity index (χ1n) is 5.89. The molecule has 0 radical (unpaired) electrons. The topological polar surface area (TPSA) is 54.9 Å². The van der Waals surface area contributed by atoms with E-state index in [4.69, 9.17) is 0 Å². The molecule has 2 heterocycles. The molecule has 0 atom stereocenters. The molecule has 21 heavy (non-hydrogen) atoms. The lowest BCUT2D eigenvalue weighted by atomic mass is 10.2. The van der Waals surface area contributed by atoms with Gasteiger partial charge in [-0.1, -0.05) is 6.07 Å². The van der Waals surface area contributed by atoms with E-state index < -0.39 is 17.5 Å². The standard InChI is InChI=1S/C14H10F3N3O/c15-14(16,17)10-4-3-8-19-13(10)20-9-6-12(21)11-5-1-2-7-18-11/h1-9H,(H,19,20)/b9-6-. The fraction of sp³-hybridized carbons (Fsp3) is 0.0714. The average Bonchev–Trinajstić information content (AvgIpc) is 2.47. The van der Waals surface area contributed by atoms with Gasteiger partial charge in [0.05, 0.1) is 5.56 Å². The summed E-state index contributed by atoms with van der Waals surface area (Å²) in [5.74, 6) is -0.789. The van der Waals surface area contributed by atoms with E-state index in [1.165, 1.54) is 24.5 Å². The Balaban J connectivity index is 2.10. The Kier molecular flexibility index (Phi) is 4.32. The number of carbonyl (C=O) groups is 1. The number of alkyl halides is 3. The molecule has 0 saturated heterocycles. The molecule has 0 spiro atoms. The number of halogens is 3. The number of rotatable bonds is 4. The minimum absolute atomic E-state index is 0.201. The molecule has 0 aromatic carbocycles. The quantitative estimate of drug-likeness (QED) is 0.694. The van der Waals surface area contributed by atoms with Crippen LogP contribution in [0.1, 0.15) is 16.1 Å². The molecule has 0 aliphatic heterocycles. The SMILES string of the molecule is O=C(/C=C\Nc1ncccc1C(F)(F)F)c1ccccn1. The number of pyridine rings is 2. The molecule has 0 aliphatic carbocycles. The third-order valence-corrected chi connectivity index (χ3v) is 2.49. The van der Waals surface area contributed by atoms with Gasteiger partial charge in [0.2, 0.25) is 5.78 Å². The predicted molar refractivity (Wildman–Crippen MR) is 70.6 cm³/mol. The lowest BCUT2D eigenvalue weighted by Gasteiger charge is -2.10. The van der Waals surface area contributed by atoms with Gasteiger partial charge in [0, 0.05) is 24.7 Å². The van der Waals surface area contributed by atoms with Gasteiger partial charge in [-0.15, -0.1) is 0 Å². The molecular formula is C14H10F3N3O. The van der Waals surface area contributed by atoms with E-state index in [2.05, 4.69) is 15.3 Å². The summed E-state index contributed by atoms with van der Waals surface area (Å²) in [5, 5.41) is 2.36. The highest BCUT2D eigenvalue weighted by atomic mass is 19.4. The Morgan fingerprint density at radius 1 is 1.10 bits per heavy atom. The van der Waals surface area contributed by atoms with Crippen LogP contribution in [-0.2, 0) is 6.18 Å². The second-order valence-corrected chi connectivity index (χ2v) is 3.95. The molecule has 108 valence electrons. The summed E-state index contributed by atoms with van der Waals surface area (Å²) in [6.45, 7) is 0. The van der Waals surface area contributed by atoms with E-state index in [0.717, 1.165) is 18.3 Å². The lowest BCUT2D eigenvalue weighted by molar-refractivity contribution is -0.137. The number of aromatic nitrogens is 2. The van der Waals surface area contributed by atoms with Crippen molar-refractivity contribution in [2.45, 2.75) is 6.18 Å². The van der Waals surface area contributed by atoms with E-state index in [-0.39, 0.29) is 11.5 Å². The van der Waals surface area contributed by atoms with Crippen molar-refractivity contribution in [3.05, 3.63) is 66.3 Å². The third-order valence-electron chi connectivity index (χ3n) is 2.49. The van der Waals surface area contributed by atoms with Crippen molar-refractivity contribution in [2.24, 2.45) is 0 Å². The number of nitrogens with one attached hydrogen (secondary N) is 1. The first-order chi connectivity index (χ1) is 9.98. The van der Waals surface area contributed by atoms with Crippen LogP contribution in [0.15, 0.2) is 55.0 Å². The highest BCUT2D eigenvalue weighted by Crippen LogP contribution is 2.33. The summed E-state index contributed by atoms with van der Waals surface area (Å²) in [4.78, 5) is 19.1. The van der Waals surface area contributed by atoms with E-state index in [1.807, 2.05) is 0 Å². The van der Waals surface area contributed by atoms with Gasteiger partial charge in [0.1, 0.15) is 11.5 Å². The van der Waals surface area contributed by atoms with Crippen LogP contribution in [0.25, 0.3) is 0 Å². The predicted octanol–water partition coefficient (Wildman–Crippen LogP) is 3.30. The highest BCUT2D eigenvalue weighted by Gasteiger charge is 2.33. The van der Waals surface area contributed by atoms with Crippen molar-refractivity contribution >= 4 is 11.6 Å². The van der Waals surface area contributed by atoms with Crippen molar-refractivity contribution in [3.63, 3.8) is 0 Å². The molecule has 0 unspecified atom stereocenters. The van der Waals surface area contributed by atoms with Gasteiger partial charge in [0.25, 0.3) is 0 Å². The van der Waals surface area contributed by atoms with Gasteiger partial charge in [-0.25, -0.2) is 4.98 Å². The van der Waals surface area contributed by atoms with Gasteiger partial charge in [0.15, 0.2) is 0 Å². The molecule has 2 rings (SSSR count). The maximum Gasteiger partial charge on any atom is 0.419 e. The fourth-order valence-electron chi connectivity index (χ4n) is 1.54. The normalized spacial score (nSPS) is 11.6. The van der Waals surface area contributed by atoms with Crippen molar-refractivity contribution < 1.29 is 18.0 Å². The van der Waals surface area contributed by atoms with Gasteiger partial charge in [-0.3, -0.25) is 9.78 Å². The van der Waals surface area contributed by atoms with Crippen LogP contribution in [0.5, 0.6) is 0 Å². The van der Waals surface area contributed by atoms with E-state index in [1.54, 1.807) is 12.1 Å². The molecule has 2 aromatic heterocycles. The summed E-state index contributed by atoms with van der Waals surface area (Å²) in [6, 6.07) is 6.90. The molecule has 0 aliphatic rings. The maximum absolute atomic E-state index is 12.7. The average molecular weight is 293 g/mol. The Morgan fingerprint density at radius 3 is 2.52 bits per heavy atom. The van der Waals surface area contributed by atoms with Crippen molar-refractivity contribution in [2.75, 3.05) is 5.32 Å². The number of nitrogens with zero attached hydrogens (tertiary/aromatic N) is 2. The van der Waals surface area contributed by atoms with Crippen LogP contribution in [0.2, 0.25) is 0 Å². The minimum Gasteiger partial charge on any atom is -0.346 e. The van der Waals surface area contributed by atoms with Gasteiger partial charge < -0.3 is 5.32 Å². The van der Waals surface area contributed by atoms with Crippen LogP contribution in [0.4, 0.5) is 19.0 Å². The second kappa shape index (κ2) is 6.17. The molecule has 1 N–H and O–H groups in total. The van der Waals surface area contributed by atoms with Crippen LogP contribution >= 0.6 is 0 Å². The summed E-state index contributed by atoms with van der Waals surface area (Å²) < 4.78 is 38.2. The molecule has 7 heteroatoms. The first kappa shape index (κ1) is 14.7. The lowest BCUT2D eigenvalue weighted by Crippen LogP contribution is -2.10. The first-order valence-corrected chi connectivity index (χ1v) is 5.89. The number of allylic oxidation sites excluding steroid dienone is 1. The van der Waals surface area contributed by atoms with E-state index in [0.29, 0.717) is 0 Å². The molecule has 4 nitrogen and oxygen atoms in total. The van der Waals surface area contributed by atoms with Crippen LogP contribution in [0, 0.1) is 0 Å². The molecule has 0 saturated carbocycles. The summed E-state index contributed by atoms with van der Waals surface area (Å²) in [6.07, 6.45) is 0.363. The Bertz CT molecular complexity index is 654.